The third kappa shape index (κ3) is 3.22. The summed E-state index contributed by atoms with van der Waals surface area (Å²) in [7, 11) is -3.63. The molecule has 0 saturated carbocycles. The van der Waals surface area contributed by atoms with Gasteiger partial charge in [-0.3, -0.25) is 4.79 Å². The number of aryl methyl sites for hydroxylation is 2. The summed E-state index contributed by atoms with van der Waals surface area (Å²) in [6.45, 7) is 4.04. The van der Waals surface area contributed by atoms with E-state index >= 15 is 0 Å². The van der Waals surface area contributed by atoms with Crippen LogP contribution in [0, 0.1) is 19.8 Å². The molecule has 1 saturated heterocycles. The van der Waals surface area contributed by atoms with Crippen molar-refractivity contribution in [3.63, 3.8) is 0 Å². The zero-order valence-corrected chi connectivity index (χ0v) is 13.7. The Hall–Kier alpha value is -1.11. The average Bonchev–Trinajstić information content (AvgIpc) is 2.42. The average molecular weight is 331 g/mol. The number of halogens is 1. The quantitative estimate of drug-likeness (QED) is 0.918. The lowest BCUT2D eigenvalue weighted by Crippen LogP contribution is -2.44. The molecular formula is C14H19ClN2O3S. The monoisotopic (exact) mass is 330 g/mol. The second kappa shape index (κ2) is 5.94. The smallest absolute Gasteiger partial charge is 0.243 e. The molecular weight excluding hydrogens is 312 g/mol. The van der Waals surface area contributed by atoms with Crippen molar-refractivity contribution in [1.29, 1.82) is 0 Å². The van der Waals surface area contributed by atoms with Crippen molar-refractivity contribution in [2.75, 3.05) is 13.1 Å². The molecule has 1 aliphatic heterocycles. The van der Waals surface area contributed by atoms with Crippen LogP contribution in [0.4, 0.5) is 0 Å². The number of amides is 1. The highest BCUT2D eigenvalue weighted by Crippen LogP contribution is 2.29. The maximum Gasteiger partial charge on any atom is 0.243 e. The lowest BCUT2D eigenvalue weighted by atomic mass is 9.99. The van der Waals surface area contributed by atoms with Crippen LogP contribution < -0.4 is 5.73 Å². The normalized spacial score (nSPS) is 20.4. The van der Waals surface area contributed by atoms with Crippen LogP contribution in [0.5, 0.6) is 0 Å². The van der Waals surface area contributed by atoms with Crippen molar-refractivity contribution in [2.24, 2.45) is 11.7 Å². The molecule has 0 spiro atoms. The number of nitrogens with two attached hydrogens (primary N) is 1. The lowest BCUT2D eigenvalue weighted by Gasteiger charge is -2.30. The van der Waals surface area contributed by atoms with Crippen LogP contribution >= 0.6 is 11.6 Å². The molecule has 0 aliphatic carbocycles. The molecule has 1 aromatic rings. The SMILES string of the molecule is Cc1cc(S(=O)(=O)N2CCCC(C(N)=O)C2)c(C)cc1Cl. The minimum atomic E-state index is -3.63. The van der Waals surface area contributed by atoms with E-state index in [0.717, 1.165) is 0 Å². The molecule has 21 heavy (non-hydrogen) atoms. The van der Waals surface area contributed by atoms with Gasteiger partial charge in [0, 0.05) is 18.1 Å². The van der Waals surface area contributed by atoms with Gasteiger partial charge in [0.15, 0.2) is 0 Å². The van der Waals surface area contributed by atoms with E-state index in [9.17, 15) is 13.2 Å². The molecule has 0 aromatic heterocycles. The molecule has 1 fully saturated rings. The fraction of sp³-hybridized carbons (Fsp3) is 0.500. The number of carbonyl (C=O) groups is 1. The molecule has 1 aromatic carbocycles. The van der Waals surface area contributed by atoms with Crippen molar-refractivity contribution >= 4 is 27.5 Å². The summed E-state index contributed by atoms with van der Waals surface area (Å²) in [6, 6.07) is 3.24. The summed E-state index contributed by atoms with van der Waals surface area (Å²) in [4.78, 5) is 11.6. The topological polar surface area (TPSA) is 80.5 Å². The van der Waals surface area contributed by atoms with Gasteiger partial charge < -0.3 is 5.73 Å². The summed E-state index contributed by atoms with van der Waals surface area (Å²) in [6.07, 6.45) is 1.28. The highest BCUT2D eigenvalue weighted by atomic mass is 35.5. The van der Waals surface area contributed by atoms with E-state index in [2.05, 4.69) is 0 Å². The molecule has 7 heteroatoms. The number of primary amides is 1. The van der Waals surface area contributed by atoms with Crippen LogP contribution in [0.3, 0.4) is 0 Å². The van der Waals surface area contributed by atoms with Gasteiger partial charge in [0.05, 0.1) is 10.8 Å². The van der Waals surface area contributed by atoms with Gasteiger partial charge in [0.25, 0.3) is 0 Å². The van der Waals surface area contributed by atoms with Crippen LogP contribution in [-0.4, -0.2) is 31.7 Å². The minimum absolute atomic E-state index is 0.152. The van der Waals surface area contributed by atoms with Crippen LogP contribution in [-0.2, 0) is 14.8 Å². The number of hydrogen-bond acceptors (Lipinski definition) is 3. The Bertz CT molecular complexity index is 673. The number of sulfonamides is 1. The van der Waals surface area contributed by atoms with Gasteiger partial charge in [-0.1, -0.05) is 11.6 Å². The number of benzene rings is 1. The van der Waals surface area contributed by atoms with Crippen LogP contribution in [0.25, 0.3) is 0 Å². The van der Waals surface area contributed by atoms with Gasteiger partial charge in [-0.2, -0.15) is 4.31 Å². The Morgan fingerprint density at radius 2 is 2.00 bits per heavy atom. The van der Waals surface area contributed by atoms with Crippen molar-refractivity contribution in [2.45, 2.75) is 31.6 Å². The lowest BCUT2D eigenvalue weighted by molar-refractivity contribution is -0.122. The van der Waals surface area contributed by atoms with Crippen molar-refractivity contribution < 1.29 is 13.2 Å². The van der Waals surface area contributed by atoms with Gasteiger partial charge in [0.1, 0.15) is 0 Å². The number of rotatable bonds is 3. The first-order chi connectivity index (χ1) is 9.73. The Morgan fingerprint density at radius 1 is 1.33 bits per heavy atom. The summed E-state index contributed by atoms with van der Waals surface area (Å²) >= 11 is 6.02. The second-order valence-corrected chi connectivity index (χ2v) is 7.79. The van der Waals surface area contributed by atoms with Gasteiger partial charge in [0.2, 0.25) is 15.9 Å². The molecule has 0 bridgehead atoms. The molecule has 1 aliphatic rings. The van der Waals surface area contributed by atoms with Crippen molar-refractivity contribution in [3.05, 3.63) is 28.3 Å². The minimum Gasteiger partial charge on any atom is -0.369 e. The summed E-state index contributed by atoms with van der Waals surface area (Å²) in [5, 5.41) is 0.542. The van der Waals surface area contributed by atoms with Gasteiger partial charge in [-0.25, -0.2) is 8.42 Å². The second-order valence-electron chi connectivity index (χ2n) is 5.47. The standard InChI is InChI=1S/C14H19ClN2O3S/c1-9-7-13(10(2)6-12(9)15)21(19,20)17-5-3-4-11(8-17)14(16)18/h6-7,11H,3-5,8H2,1-2H3,(H2,16,18). The molecule has 5 nitrogen and oxygen atoms in total. The van der Waals surface area contributed by atoms with E-state index in [4.69, 9.17) is 17.3 Å². The third-order valence-electron chi connectivity index (χ3n) is 3.86. The van der Waals surface area contributed by atoms with Gasteiger partial charge in [-0.05, 0) is 49.9 Å². The van der Waals surface area contributed by atoms with E-state index in [0.29, 0.717) is 35.5 Å². The van der Waals surface area contributed by atoms with Crippen molar-refractivity contribution in [3.8, 4) is 0 Å². The summed E-state index contributed by atoms with van der Waals surface area (Å²) < 4.78 is 26.9. The molecule has 116 valence electrons. The number of carbonyl (C=O) groups excluding carboxylic acids is 1. The number of hydrogen-bond donors (Lipinski definition) is 1. The van der Waals surface area contributed by atoms with E-state index in [-0.39, 0.29) is 11.4 Å². The van der Waals surface area contributed by atoms with Crippen LogP contribution in [0.15, 0.2) is 17.0 Å². The Labute approximate surface area is 130 Å². The molecule has 2 rings (SSSR count). The molecule has 0 radical (unpaired) electrons. The first-order valence-electron chi connectivity index (χ1n) is 6.79. The fourth-order valence-electron chi connectivity index (χ4n) is 2.56. The Morgan fingerprint density at radius 3 is 2.62 bits per heavy atom. The zero-order valence-electron chi connectivity index (χ0n) is 12.1. The van der Waals surface area contributed by atoms with Crippen molar-refractivity contribution in [1.82, 2.24) is 4.31 Å². The number of nitrogens with zero attached hydrogens (tertiary/aromatic N) is 1. The maximum atomic E-state index is 12.8. The Balaban J connectivity index is 2.38. The first-order valence-corrected chi connectivity index (χ1v) is 8.61. The fourth-order valence-corrected chi connectivity index (χ4v) is 4.60. The summed E-state index contributed by atoms with van der Waals surface area (Å²) in [5.41, 5.74) is 6.62. The highest BCUT2D eigenvalue weighted by molar-refractivity contribution is 7.89. The molecule has 1 atom stereocenters. The Kier molecular flexibility index (Phi) is 4.60. The van der Waals surface area contributed by atoms with E-state index in [1.54, 1.807) is 26.0 Å². The van der Waals surface area contributed by atoms with E-state index < -0.39 is 21.8 Å². The molecule has 1 amide bonds. The maximum absolute atomic E-state index is 12.8. The number of piperidine rings is 1. The van der Waals surface area contributed by atoms with Gasteiger partial charge >= 0.3 is 0 Å². The zero-order chi connectivity index (χ0) is 15.8. The predicted molar refractivity (Wildman–Crippen MR) is 81.6 cm³/mol. The first kappa shape index (κ1) is 16.3. The molecule has 2 N–H and O–H groups in total. The highest BCUT2D eigenvalue weighted by Gasteiger charge is 2.33. The van der Waals surface area contributed by atoms with E-state index in [1.807, 2.05) is 0 Å². The van der Waals surface area contributed by atoms with E-state index in [1.165, 1.54) is 4.31 Å². The van der Waals surface area contributed by atoms with Crippen LogP contribution in [0.1, 0.15) is 24.0 Å². The van der Waals surface area contributed by atoms with Crippen LogP contribution in [0.2, 0.25) is 5.02 Å². The summed E-state index contributed by atoms with van der Waals surface area (Å²) in [5.74, 6) is -0.860. The largest absolute Gasteiger partial charge is 0.369 e. The predicted octanol–water partition coefficient (Wildman–Crippen LogP) is 1.84. The van der Waals surface area contributed by atoms with Gasteiger partial charge in [-0.15, -0.1) is 0 Å². The molecule has 1 heterocycles. The third-order valence-corrected chi connectivity index (χ3v) is 6.27. The molecule has 1 unspecified atom stereocenters.